The molecule has 0 radical (unpaired) electrons. The molecule has 17 heavy (non-hydrogen) atoms. The third-order valence-corrected chi connectivity index (χ3v) is 5.09. The molecule has 3 unspecified atom stereocenters. The molecule has 1 saturated heterocycles. The van der Waals surface area contributed by atoms with E-state index in [2.05, 4.69) is 29.3 Å². The van der Waals surface area contributed by atoms with Crippen molar-refractivity contribution in [3.05, 3.63) is 0 Å². The summed E-state index contributed by atoms with van der Waals surface area (Å²) in [5.74, 6) is 1.42. The fraction of sp³-hybridized carbons (Fsp3) is 0.923. The smallest absolute Gasteiger partial charge is 0.221 e. The van der Waals surface area contributed by atoms with Gasteiger partial charge >= 0.3 is 0 Å². The molecule has 1 heterocycles. The number of nitrogens with one attached hydrogen (secondary N) is 2. The van der Waals surface area contributed by atoms with Crippen LogP contribution in [0.2, 0.25) is 0 Å². The third kappa shape index (κ3) is 3.88. The van der Waals surface area contributed by atoms with Crippen molar-refractivity contribution in [2.24, 2.45) is 0 Å². The number of hydrogen-bond donors (Lipinski definition) is 2. The Kier molecular flexibility index (Phi) is 5.16. The lowest BCUT2D eigenvalue weighted by Gasteiger charge is -2.25. The minimum absolute atomic E-state index is 0.220. The molecular weight excluding hydrogens is 232 g/mol. The molecule has 1 aliphatic carbocycles. The van der Waals surface area contributed by atoms with Gasteiger partial charge in [-0.15, -0.1) is 0 Å². The van der Waals surface area contributed by atoms with Crippen LogP contribution in [0.4, 0.5) is 0 Å². The Morgan fingerprint density at radius 2 is 2.24 bits per heavy atom. The Hall–Kier alpha value is -0.220. The van der Waals surface area contributed by atoms with Crippen molar-refractivity contribution in [1.29, 1.82) is 0 Å². The summed E-state index contributed by atoms with van der Waals surface area (Å²) in [4.78, 5) is 11.5. The van der Waals surface area contributed by atoms with E-state index in [4.69, 9.17) is 0 Å². The highest BCUT2D eigenvalue weighted by molar-refractivity contribution is 7.99. The highest BCUT2D eigenvalue weighted by atomic mass is 32.2. The van der Waals surface area contributed by atoms with Crippen LogP contribution < -0.4 is 10.6 Å². The van der Waals surface area contributed by atoms with E-state index < -0.39 is 0 Å². The lowest BCUT2D eigenvalue weighted by Crippen LogP contribution is -2.42. The standard InChI is InChI=1S/C13H24N2OS/c1-2-17-12-7-3-6-11(12)15-10-5-4-8-14-13(16)9-10/h10-12,15H,2-9H2,1H3,(H,14,16). The zero-order valence-electron chi connectivity index (χ0n) is 10.7. The molecule has 1 amide bonds. The van der Waals surface area contributed by atoms with E-state index >= 15 is 0 Å². The van der Waals surface area contributed by atoms with Crippen LogP contribution in [-0.2, 0) is 4.79 Å². The fourth-order valence-corrected chi connectivity index (χ4v) is 4.16. The Morgan fingerprint density at radius 3 is 3.06 bits per heavy atom. The Morgan fingerprint density at radius 1 is 1.35 bits per heavy atom. The lowest BCUT2D eigenvalue weighted by atomic mass is 10.1. The maximum Gasteiger partial charge on any atom is 0.221 e. The van der Waals surface area contributed by atoms with Gasteiger partial charge in [0.1, 0.15) is 0 Å². The van der Waals surface area contributed by atoms with Crippen LogP contribution in [0.5, 0.6) is 0 Å². The summed E-state index contributed by atoms with van der Waals surface area (Å²) in [5.41, 5.74) is 0. The summed E-state index contributed by atoms with van der Waals surface area (Å²) in [6.07, 6.45) is 6.89. The van der Waals surface area contributed by atoms with E-state index in [1.165, 1.54) is 25.0 Å². The average molecular weight is 256 g/mol. The lowest BCUT2D eigenvalue weighted by molar-refractivity contribution is -0.121. The first kappa shape index (κ1) is 13.2. The van der Waals surface area contributed by atoms with Crippen LogP contribution in [0.15, 0.2) is 0 Å². The van der Waals surface area contributed by atoms with Gasteiger partial charge in [-0.1, -0.05) is 13.3 Å². The number of carbonyl (C=O) groups excluding carboxylic acids is 1. The van der Waals surface area contributed by atoms with E-state index in [9.17, 15) is 4.79 Å². The van der Waals surface area contributed by atoms with Crippen LogP contribution in [0.1, 0.15) is 45.4 Å². The molecule has 2 N–H and O–H groups in total. The van der Waals surface area contributed by atoms with Gasteiger partial charge in [0.05, 0.1) is 0 Å². The van der Waals surface area contributed by atoms with Gasteiger partial charge in [0.15, 0.2) is 0 Å². The molecule has 2 rings (SSSR count). The highest BCUT2D eigenvalue weighted by Crippen LogP contribution is 2.30. The highest BCUT2D eigenvalue weighted by Gasteiger charge is 2.29. The summed E-state index contributed by atoms with van der Waals surface area (Å²) < 4.78 is 0. The van der Waals surface area contributed by atoms with Crippen molar-refractivity contribution in [1.82, 2.24) is 10.6 Å². The van der Waals surface area contributed by atoms with Crippen molar-refractivity contribution in [2.45, 2.75) is 62.8 Å². The molecule has 0 aromatic carbocycles. The Balaban J connectivity index is 1.83. The second-order valence-electron chi connectivity index (χ2n) is 5.09. The van der Waals surface area contributed by atoms with Crippen molar-refractivity contribution in [3.8, 4) is 0 Å². The second kappa shape index (κ2) is 6.64. The molecule has 0 aromatic heterocycles. The number of carbonyl (C=O) groups is 1. The number of thioether (sulfide) groups is 1. The molecule has 3 atom stereocenters. The van der Waals surface area contributed by atoms with Crippen LogP contribution in [-0.4, -0.2) is 35.5 Å². The minimum Gasteiger partial charge on any atom is -0.356 e. The first-order chi connectivity index (χ1) is 8.29. The molecule has 1 saturated carbocycles. The predicted octanol–water partition coefficient (Wildman–Crippen LogP) is 1.92. The topological polar surface area (TPSA) is 41.1 Å². The zero-order valence-corrected chi connectivity index (χ0v) is 11.5. The van der Waals surface area contributed by atoms with Crippen molar-refractivity contribution in [3.63, 3.8) is 0 Å². The summed E-state index contributed by atoms with van der Waals surface area (Å²) in [5, 5.41) is 7.46. The quantitative estimate of drug-likeness (QED) is 0.807. The van der Waals surface area contributed by atoms with Crippen LogP contribution in [0.3, 0.4) is 0 Å². The molecule has 0 bridgehead atoms. The maximum absolute atomic E-state index is 11.5. The predicted molar refractivity (Wildman–Crippen MR) is 73.3 cm³/mol. The Bertz CT molecular complexity index is 260. The van der Waals surface area contributed by atoms with Gasteiger partial charge in [0, 0.05) is 30.3 Å². The van der Waals surface area contributed by atoms with Gasteiger partial charge in [0.25, 0.3) is 0 Å². The van der Waals surface area contributed by atoms with Gasteiger partial charge in [-0.3, -0.25) is 4.79 Å². The van der Waals surface area contributed by atoms with Gasteiger partial charge in [-0.25, -0.2) is 0 Å². The summed E-state index contributed by atoms with van der Waals surface area (Å²) in [6.45, 7) is 3.09. The fourth-order valence-electron chi connectivity index (χ4n) is 2.95. The van der Waals surface area contributed by atoms with Gasteiger partial charge < -0.3 is 10.6 Å². The summed E-state index contributed by atoms with van der Waals surface area (Å²) >= 11 is 2.08. The summed E-state index contributed by atoms with van der Waals surface area (Å²) in [7, 11) is 0. The molecule has 4 heteroatoms. The van der Waals surface area contributed by atoms with Crippen LogP contribution in [0, 0.1) is 0 Å². The second-order valence-corrected chi connectivity index (χ2v) is 6.61. The molecule has 0 spiro atoms. The largest absolute Gasteiger partial charge is 0.356 e. The molecule has 3 nitrogen and oxygen atoms in total. The van der Waals surface area contributed by atoms with E-state index in [-0.39, 0.29) is 5.91 Å². The Labute approximate surface area is 108 Å². The third-order valence-electron chi connectivity index (χ3n) is 3.77. The molecule has 1 aliphatic heterocycles. The van der Waals surface area contributed by atoms with Crippen molar-refractivity contribution in [2.75, 3.05) is 12.3 Å². The zero-order chi connectivity index (χ0) is 12.1. The maximum atomic E-state index is 11.5. The first-order valence-corrected chi connectivity index (χ1v) is 7.99. The SMILES string of the molecule is CCSC1CCCC1NC1CCCNC(=O)C1. The first-order valence-electron chi connectivity index (χ1n) is 6.94. The monoisotopic (exact) mass is 256 g/mol. The number of rotatable bonds is 4. The van der Waals surface area contributed by atoms with Gasteiger partial charge in [-0.05, 0) is 31.4 Å². The van der Waals surface area contributed by atoms with Gasteiger partial charge in [-0.2, -0.15) is 11.8 Å². The average Bonchev–Trinajstić information content (AvgIpc) is 2.61. The molecule has 2 fully saturated rings. The van der Waals surface area contributed by atoms with E-state index in [0.717, 1.165) is 24.6 Å². The summed E-state index contributed by atoms with van der Waals surface area (Å²) in [6, 6.07) is 1.04. The van der Waals surface area contributed by atoms with E-state index in [0.29, 0.717) is 18.5 Å². The number of hydrogen-bond acceptors (Lipinski definition) is 3. The van der Waals surface area contributed by atoms with Crippen LogP contribution >= 0.6 is 11.8 Å². The van der Waals surface area contributed by atoms with Crippen molar-refractivity contribution < 1.29 is 4.79 Å². The van der Waals surface area contributed by atoms with Gasteiger partial charge in [0.2, 0.25) is 5.91 Å². The van der Waals surface area contributed by atoms with Crippen LogP contribution in [0.25, 0.3) is 0 Å². The number of amides is 1. The molecule has 0 aromatic rings. The van der Waals surface area contributed by atoms with Crippen molar-refractivity contribution >= 4 is 17.7 Å². The van der Waals surface area contributed by atoms with E-state index in [1.54, 1.807) is 0 Å². The molecular formula is C13H24N2OS. The minimum atomic E-state index is 0.220. The van der Waals surface area contributed by atoms with E-state index in [1.807, 2.05) is 0 Å². The normalized spacial score (nSPS) is 34.4. The molecule has 98 valence electrons. The molecule has 2 aliphatic rings.